The summed E-state index contributed by atoms with van der Waals surface area (Å²) in [6, 6.07) is 10.9. The number of hydrogen-bond acceptors (Lipinski definition) is 3. The Morgan fingerprint density at radius 2 is 2.05 bits per heavy atom. The highest BCUT2D eigenvalue weighted by Crippen LogP contribution is 2.25. The molecule has 4 nitrogen and oxygen atoms in total. The lowest BCUT2D eigenvalue weighted by atomic mass is 10.1. The van der Waals surface area contributed by atoms with E-state index in [-0.39, 0.29) is 12.0 Å². The fraction of sp³-hybridized carbons (Fsp3) is 0.200. The first kappa shape index (κ1) is 14.4. The first-order valence-corrected chi connectivity index (χ1v) is 7.63. The molecule has 0 aliphatic carbocycles. The highest BCUT2D eigenvalue weighted by Gasteiger charge is 2.34. The Kier molecular flexibility index (Phi) is 4.12. The molecule has 2 aromatic rings. The molecule has 1 saturated heterocycles. The minimum absolute atomic E-state index is 0.00515. The zero-order valence-electron chi connectivity index (χ0n) is 11.0. The molecular formula is C15H12BrClN2O2. The monoisotopic (exact) mass is 366 g/mol. The van der Waals surface area contributed by atoms with Crippen molar-refractivity contribution in [1.82, 2.24) is 9.88 Å². The number of aromatic nitrogens is 1. The third-order valence-electron chi connectivity index (χ3n) is 3.24. The zero-order chi connectivity index (χ0) is 14.8. The summed E-state index contributed by atoms with van der Waals surface area (Å²) < 4.78 is 6.48. The molecule has 1 aliphatic heterocycles. The highest BCUT2D eigenvalue weighted by molar-refractivity contribution is 9.10. The molecule has 1 aromatic heterocycles. The smallest absolute Gasteiger partial charge is 0.255 e. The van der Waals surface area contributed by atoms with Gasteiger partial charge in [-0.05, 0) is 40.2 Å². The van der Waals surface area contributed by atoms with Crippen LogP contribution in [0.4, 0.5) is 0 Å². The molecule has 3 rings (SSSR count). The predicted molar refractivity (Wildman–Crippen MR) is 83.7 cm³/mol. The van der Waals surface area contributed by atoms with Crippen LogP contribution >= 0.6 is 27.5 Å². The molecule has 6 heteroatoms. The van der Waals surface area contributed by atoms with E-state index < -0.39 is 0 Å². The van der Waals surface area contributed by atoms with Crippen molar-refractivity contribution in [3.05, 3.63) is 57.7 Å². The molecule has 0 saturated carbocycles. The molecular weight excluding hydrogens is 356 g/mol. The summed E-state index contributed by atoms with van der Waals surface area (Å²) in [5.74, 6) is 0.409. The van der Waals surface area contributed by atoms with Gasteiger partial charge in [0.1, 0.15) is 11.1 Å². The Labute approximate surface area is 135 Å². The lowest BCUT2D eigenvalue weighted by Gasteiger charge is -2.38. The van der Waals surface area contributed by atoms with E-state index in [0.29, 0.717) is 29.6 Å². The van der Waals surface area contributed by atoms with E-state index in [1.165, 1.54) is 0 Å². The van der Waals surface area contributed by atoms with Gasteiger partial charge < -0.3 is 9.64 Å². The number of nitrogens with zero attached hydrogens (tertiary/aromatic N) is 2. The molecule has 1 amide bonds. The van der Waals surface area contributed by atoms with E-state index in [0.717, 1.165) is 4.47 Å². The summed E-state index contributed by atoms with van der Waals surface area (Å²) in [6.07, 6.45) is 1.56. The van der Waals surface area contributed by atoms with Crippen LogP contribution in [-0.4, -0.2) is 35.0 Å². The van der Waals surface area contributed by atoms with Gasteiger partial charge in [-0.15, -0.1) is 0 Å². The first-order chi connectivity index (χ1) is 10.1. The number of rotatable bonds is 3. The quantitative estimate of drug-likeness (QED) is 0.835. The number of amides is 1. The van der Waals surface area contributed by atoms with Gasteiger partial charge in [-0.1, -0.05) is 23.7 Å². The second-order valence-electron chi connectivity index (χ2n) is 4.72. The lowest BCUT2D eigenvalue weighted by molar-refractivity contribution is 0.0160. The van der Waals surface area contributed by atoms with Gasteiger partial charge in [0.25, 0.3) is 5.91 Å². The largest absolute Gasteiger partial charge is 0.470 e. The first-order valence-electron chi connectivity index (χ1n) is 6.46. The standard InChI is InChI=1S/C15H12BrClN2O2/c16-12-5-2-1-4-11(12)15(20)19-8-10(9-19)21-14-13(17)6-3-7-18-14/h1-7,10H,8-9H2. The second kappa shape index (κ2) is 6.03. The van der Waals surface area contributed by atoms with E-state index in [2.05, 4.69) is 20.9 Å². The Balaban J connectivity index is 1.60. The molecule has 1 aliphatic rings. The third-order valence-corrected chi connectivity index (χ3v) is 4.22. The van der Waals surface area contributed by atoms with Crippen LogP contribution in [0.2, 0.25) is 5.02 Å². The lowest BCUT2D eigenvalue weighted by Crippen LogP contribution is -2.56. The van der Waals surface area contributed by atoms with Crippen molar-refractivity contribution >= 4 is 33.4 Å². The number of halogens is 2. The maximum absolute atomic E-state index is 12.3. The van der Waals surface area contributed by atoms with Gasteiger partial charge in [-0.25, -0.2) is 4.98 Å². The zero-order valence-corrected chi connectivity index (χ0v) is 13.3. The summed E-state index contributed by atoms with van der Waals surface area (Å²) >= 11 is 9.38. The van der Waals surface area contributed by atoms with E-state index in [1.807, 2.05) is 18.2 Å². The Morgan fingerprint density at radius 3 is 2.76 bits per heavy atom. The average Bonchev–Trinajstić information content (AvgIpc) is 2.44. The minimum Gasteiger partial charge on any atom is -0.470 e. The van der Waals surface area contributed by atoms with Crippen molar-refractivity contribution < 1.29 is 9.53 Å². The van der Waals surface area contributed by atoms with Crippen molar-refractivity contribution in [3.63, 3.8) is 0 Å². The van der Waals surface area contributed by atoms with Crippen molar-refractivity contribution in [2.75, 3.05) is 13.1 Å². The predicted octanol–water partition coefficient (Wildman–Crippen LogP) is 3.40. The molecule has 1 aromatic carbocycles. The van der Waals surface area contributed by atoms with E-state index >= 15 is 0 Å². The summed E-state index contributed by atoms with van der Waals surface area (Å²) in [5.41, 5.74) is 0.659. The fourth-order valence-corrected chi connectivity index (χ4v) is 2.72. The maximum Gasteiger partial charge on any atom is 0.255 e. The molecule has 2 heterocycles. The summed E-state index contributed by atoms with van der Waals surface area (Å²) in [6.45, 7) is 1.07. The summed E-state index contributed by atoms with van der Waals surface area (Å²) in [7, 11) is 0. The molecule has 0 radical (unpaired) electrons. The molecule has 0 atom stereocenters. The normalized spacial score (nSPS) is 14.7. The molecule has 0 N–H and O–H groups in total. The number of ether oxygens (including phenoxy) is 1. The van der Waals surface area contributed by atoms with E-state index in [4.69, 9.17) is 16.3 Å². The Bertz CT molecular complexity index is 674. The minimum atomic E-state index is -0.0659. The second-order valence-corrected chi connectivity index (χ2v) is 5.98. The van der Waals surface area contributed by atoms with Crippen molar-refractivity contribution in [1.29, 1.82) is 0 Å². The molecule has 21 heavy (non-hydrogen) atoms. The third kappa shape index (κ3) is 3.04. The van der Waals surface area contributed by atoms with Crippen LogP contribution in [-0.2, 0) is 0 Å². The van der Waals surface area contributed by atoms with Crippen molar-refractivity contribution in [2.24, 2.45) is 0 Å². The maximum atomic E-state index is 12.3. The van der Waals surface area contributed by atoms with Gasteiger partial charge >= 0.3 is 0 Å². The number of likely N-dealkylation sites (tertiary alicyclic amines) is 1. The molecule has 0 spiro atoms. The number of pyridine rings is 1. The van der Waals surface area contributed by atoms with Crippen molar-refractivity contribution in [2.45, 2.75) is 6.10 Å². The van der Waals surface area contributed by atoms with Gasteiger partial charge in [-0.3, -0.25) is 4.79 Å². The highest BCUT2D eigenvalue weighted by atomic mass is 79.9. The number of carbonyl (C=O) groups excluding carboxylic acids is 1. The van der Waals surface area contributed by atoms with Gasteiger partial charge in [0.15, 0.2) is 0 Å². The van der Waals surface area contributed by atoms with Gasteiger partial charge in [-0.2, -0.15) is 0 Å². The van der Waals surface area contributed by atoms with Gasteiger partial charge in [0.05, 0.1) is 18.7 Å². The number of carbonyl (C=O) groups is 1. The molecule has 1 fully saturated rings. The summed E-state index contributed by atoms with van der Waals surface area (Å²) in [4.78, 5) is 18.1. The molecule has 108 valence electrons. The SMILES string of the molecule is O=C(c1ccccc1Br)N1CC(Oc2ncccc2Cl)C1. The van der Waals surface area contributed by atoms with Crippen LogP contribution < -0.4 is 4.74 Å². The van der Waals surface area contributed by atoms with Crippen LogP contribution in [0.3, 0.4) is 0 Å². The molecule has 0 bridgehead atoms. The van der Waals surface area contributed by atoms with Gasteiger partial charge in [0, 0.05) is 10.7 Å². The van der Waals surface area contributed by atoms with E-state index in [1.54, 1.807) is 29.3 Å². The number of benzene rings is 1. The van der Waals surface area contributed by atoms with Crippen LogP contribution in [0.1, 0.15) is 10.4 Å². The fourth-order valence-electron chi connectivity index (χ4n) is 2.10. The Hall–Kier alpha value is -1.59. The number of hydrogen-bond donors (Lipinski definition) is 0. The van der Waals surface area contributed by atoms with Gasteiger partial charge in [0.2, 0.25) is 5.88 Å². The molecule has 0 unspecified atom stereocenters. The van der Waals surface area contributed by atoms with Crippen LogP contribution in [0.15, 0.2) is 47.1 Å². The Morgan fingerprint density at radius 1 is 1.29 bits per heavy atom. The topological polar surface area (TPSA) is 42.4 Å². The van der Waals surface area contributed by atoms with Crippen LogP contribution in [0.5, 0.6) is 5.88 Å². The van der Waals surface area contributed by atoms with E-state index in [9.17, 15) is 4.79 Å². The van der Waals surface area contributed by atoms with Crippen LogP contribution in [0, 0.1) is 0 Å². The van der Waals surface area contributed by atoms with Crippen molar-refractivity contribution in [3.8, 4) is 5.88 Å². The average molecular weight is 368 g/mol. The summed E-state index contributed by atoms with van der Waals surface area (Å²) in [5, 5.41) is 0.480. The van der Waals surface area contributed by atoms with Crippen LogP contribution in [0.25, 0.3) is 0 Å².